The molecule has 0 aromatic carbocycles. The lowest BCUT2D eigenvalue weighted by atomic mass is 9.86. The normalized spacial score (nSPS) is 18.1. The maximum atomic E-state index is 8.97. The Bertz CT molecular complexity index is 498. The van der Waals surface area contributed by atoms with Gasteiger partial charge in [0.25, 0.3) is 0 Å². The smallest absolute Gasteiger partial charge is 0.175 e. The van der Waals surface area contributed by atoms with Crippen molar-refractivity contribution in [1.29, 1.82) is 0 Å². The summed E-state index contributed by atoms with van der Waals surface area (Å²) in [7, 11) is 1.91. The molecule has 2 heterocycles. The molecule has 6 nitrogen and oxygen atoms in total. The number of nitrogens with zero attached hydrogens (tertiary/aromatic N) is 4. The van der Waals surface area contributed by atoms with Crippen molar-refractivity contribution in [1.82, 2.24) is 9.78 Å². The van der Waals surface area contributed by atoms with E-state index in [0.29, 0.717) is 0 Å². The fraction of sp³-hybridized carbons (Fsp3) is 0.714. The highest BCUT2D eigenvalue weighted by Gasteiger charge is 2.27. The van der Waals surface area contributed by atoms with Crippen molar-refractivity contribution in [2.24, 2.45) is 29.8 Å². The van der Waals surface area contributed by atoms with Crippen LogP contribution < -0.4 is 10.6 Å². The van der Waals surface area contributed by atoms with Crippen LogP contribution in [0.3, 0.4) is 0 Å². The SMILES string of the molecule is Cc1nn(C)c(N2CCC(C(C)C)CC2)c1C(N)=NO. The van der Waals surface area contributed by atoms with Gasteiger partial charge in [0.1, 0.15) is 5.82 Å². The number of nitrogens with two attached hydrogens (primary N) is 1. The number of amidine groups is 1. The molecule has 1 aliphatic heterocycles. The summed E-state index contributed by atoms with van der Waals surface area (Å²) < 4.78 is 1.83. The number of oxime groups is 1. The Morgan fingerprint density at radius 3 is 2.50 bits per heavy atom. The van der Waals surface area contributed by atoms with Crippen LogP contribution in [0, 0.1) is 18.8 Å². The molecule has 1 aromatic rings. The van der Waals surface area contributed by atoms with Gasteiger partial charge in [-0.25, -0.2) is 0 Å². The van der Waals surface area contributed by atoms with E-state index in [4.69, 9.17) is 10.9 Å². The molecule has 6 heteroatoms. The van der Waals surface area contributed by atoms with Crippen LogP contribution in [0.5, 0.6) is 0 Å². The molecule has 1 aromatic heterocycles. The van der Waals surface area contributed by atoms with Crippen molar-refractivity contribution in [2.45, 2.75) is 33.6 Å². The van der Waals surface area contributed by atoms with Crippen molar-refractivity contribution in [3.05, 3.63) is 11.3 Å². The Kier molecular flexibility index (Phi) is 4.20. The van der Waals surface area contributed by atoms with Crippen LogP contribution in [0.25, 0.3) is 0 Å². The van der Waals surface area contributed by atoms with E-state index in [2.05, 4.69) is 29.0 Å². The molecule has 20 heavy (non-hydrogen) atoms. The topological polar surface area (TPSA) is 79.7 Å². The van der Waals surface area contributed by atoms with E-state index < -0.39 is 0 Å². The highest BCUT2D eigenvalue weighted by molar-refractivity contribution is 6.02. The minimum Gasteiger partial charge on any atom is -0.409 e. The average molecular weight is 279 g/mol. The molecule has 1 aliphatic rings. The predicted octanol–water partition coefficient (Wildman–Crippen LogP) is 1.70. The van der Waals surface area contributed by atoms with Gasteiger partial charge in [0.2, 0.25) is 0 Å². The Labute approximate surface area is 120 Å². The van der Waals surface area contributed by atoms with E-state index in [0.717, 1.165) is 42.0 Å². The largest absolute Gasteiger partial charge is 0.409 e. The van der Waals surface area contributed by atoms with E-state index in [1.165, 1.54) is 12.8 Å². The van der Waals surface area contributed by atoms with Crippen molar-refractivity contribution in [2.75, 3.05) is 18.0 Å². The van der Waals surface area contributed by atoms with Gasteiger partial charge in [0.15, 0.2) is 5.84 Å². The number of anilines is 1. The summed E-state index contributed by atoms with van der Waals surface area (Å²) in [6, 6.07) is 0. The van der Waals surface area contributed by atoms with Gasteiger partial charge in [0, 0.05) is 20.1 Å². The zero-order valence-electron chi connectivity index (χ0n) is 12.8. The number of hydrogen-bond acceptors (Lipinski definition) is 4. The zero-order chi connectivity index (χ0) is 14.9. The first kappa shape index (κ1) is 14.7. The molecule has 3 N–H and O–H groups in total. The summed E-state index contributed by atoms with van der Waals surface area (Å²) in [5, 5.41) is 16.5. The maximum Gasteiger partial charge on any atom is 0.175 e. The average Bonchev–Trinajstić information content (AvgIpc) is 2.72. The van der Waals surface area contributed by atoms with Crippen LogP contribution in [0.15, 0.2) is 5.16 Å². The highest BCUT2D eigenvalue weighted by atomic mass is 16.4. The first-order valence-corrected chi connectivity index (χ1v) is 7.22. The lowest BCUT2D eigenvalue weighted by molar-refractivity contribution is 0.309. The minimum atomic E-state index is 0.136. The molecule has 0 radical (unpaired) electrons. The molecule has 0 unspecified atom stereocenters. The molecule has 2 rings (SSSR count). The molecular formula is C14H25N5O. The van der Waals surface area contributed by atoms with E-state index in [1.807, 2.05) is 18.7 Å². The van der Waals surface area contributed by atoms with Crippen LogP contribution >= 0.6 is 0 Å². The van der Waals surface area contributed by atoms with Crippen LogP contribution in [0.4, 0.5) is 5.82 Å². The summed E-state index contributed by atoms with van der Waals surface area (Å²) in [6.45, 7) is 8.45. The fourth-order valence-electron chi connectivity index (χ4n) is 3.14. The van der Waals surface area contributed by atoms with Crippen LogP contribution in [-0.2, 0) is 7.05 Å². The summed E-state index contributed by atoms with van der Waals surface area (Å²) in [5.41, 5.74) is 7.35. The zero-order valence-corrected chi connectivity index (χ0v) is 12.8. The third kappa shape index (κ3) is 2.59. The Morgan fingerprint density at radius 1 is 1.40 bits per heavy atom. The van der Waals surface area contributed by atoms with Gasteiger partial charge >= 0.3 is 0 Å². The molecule has 112 valence electrons. The summed E-state index contributed by atoms with van der Waals surface area (Å²) in [5.74, 6) is 2.61. The molecule has 0 amide bonds. The van der Waals surface area contributed by atoms with Gasteiger partial charge in [-0.2, -0.15) is 5.10 Å². The van der Waals surface area contributed by atoms with E-state index in [1.54, 1.807) is 0 Å². The fourth-order valence-corrected chi connectivity index (χ4v) is 3.14. The highest BCUT2D eigenvalue weighted by Crippen LogP contribution is 2.30. The van der Waals surface area contributed by atoms with Gasteiger partial charge in [0.05, 0.1) is 11.3 Å². The molecule has 0 aliphatic carbocycles. The first-order valence-electron chi connectivity index (χ1n) is 7.22. The second kappa shape index (κ2) is 5.73. The van der Waals surface area contributed by atoms with Gasteiger partial charge < -0.3 is 15.8 Å². The third-order valence-electron chi connectivity index (χ3n) is 4.34. The van der Waals surface area contributed by atoms with Gasteiger partial charge in [-0.3, -0.25) is 4.68 Å². The van der Waals surface area contributed by atoms with E-state index in [9.17, 15) is 0 Å². The van der Waals surface area contributed by atoms with Gasteiger partial charge in [-0.1, -0.05) is 19.0 Å². The second-order valence-electron chi connectivity index (χ2n) is 5.96. The van der Waals surface area contributed by atoms with E-state index in [-0.39, 0.29) is 5.84 Å². The van der Waals surface area contributed by atoms with Crippen LogP contribution in [0.2, 0.25) is 0 Å². The Morgan fingerprint density at radius 2 is 2.00 bits per heavy atom. The lowest BCUT2D eigenvalue weighted by Gasteiger charge is -2.35. The number of aromatic nitrogens is 2. The third-order valence-corrected chi connectivity index (χ3v) is 4.34. The maximum absolute atomic E-state index is 8.97. The van der Waals surface area contributed by atoms with Gasteiger partial charge in [-0.15, -0.1) is 0 Å². The predicted molar refractivity (Wildman–Crippen MR) is 80.2 cm³/mol. The molecule has 0 atom stereocenters. The number of rotatable bonds is 3. The first-order chi connectivity index (χ1) is 9.45. The van der Waals surface area contributed by atoms with Crippen molar-refractivity contribution >= 4 is 11.7 Å². The van der Waals surface area contributed by atoms with E-state index >= 15 is 0 Å². The minimum absolute atomic E-state index is 0.136. The molecular weight excluding hydrogens is 254 g/mol. The van der Waals surface area contributed by atoms with Crippen LogP contribution in [-0.4, -0.2) is 33.9 Å². The quantitative estimate of drug-likeness (QED) is 0.382. The molecule has 0 saturated carbocycles. The second-order valence-corrected chi connectivity index (χ2v) is 5.96. The summed E-state index contributed by atoms with van der Waals surface area (Å²) in [4.78, 5) is 2.30. The molecule has 0 spiro atoms. The number of hydrogen-bond donors (Lipinski definition) is 2. The number of aryl methyl sites for hydroxylation is 2. The van der Waals surface area contributed by atoms with Crippen molar-refractivity contribution in [3.63, 3.8) is 0 Å². The van der Waals surface area contributed by atoms with Crippen molar-refractivity contribution < 1.29 is 5.21 Å². The van der Waals surface area contributed by atoms with Gasteiger partial charge in [-0.05, 0) is 31.6 Å². The molecule has 1 fully saturated rings. The van der Waals surface area contributed by atoms with Crippen molar-refractivity contribution in [3.8, 4) is 0 Å². The Hall–Kier alpha value is -1.72. The monoisotopic (exact) mass is 279 g/mol. The summed E-state index contributed by atoms with van der Waals surface area (Å²) >= 11 is 0. The molecule has 0 bridgehead atoms. The molecule has 1 saturated heterocycles. The standard InChI is InChI=1S/C14H25N5O/c1-9(2)11-5-7-19(8-6-11)14-12(13(15)17-20)10(3)16-18(14)4/h9,11,20H,5-8H2,1-4H3,(H2,15,17). The van der Waals surface area contributed by atoms with Crippen LogP contribution in [0.1, 0.15) is 37.9 Å². The lowest BCUT2D eigenvalue weighted by Crippen LogP contribution is -2.37. The number of piperidine rings is 1. The summed E-state index contributed by atoms with van der Waals surface area (Å²) in [6.07, 6.45) is 2.36. The Balaban J connectivity index is 2.26.